The highest BCUT2D eigenvalue weighted by Crippen LogP contribution is 2.19. The molecule has 0 saturated heterocycles. The standard InChI is InChI=1S/C72H139NO5/c1-3-5-7-9-11-13-15-17-19-33-38-42-46-50-54-58-62-66-72(77)78-67-63-59-55-51-47-43-39-35-32-30-28-26-24-22-21-23-25-27-29-31-34-37-41-45-49-53-57-61-65-71(76)73-69(68-74)70(75)64-60-56-52-48-44-40-36-20-18-16-14-12-10-8-6-4-2/h17,19,21-22,69-70,74-75H,3-16,18,20,23-68H2,1-2H3,(H,73,76)/b19-17-,22-21-. The molecule has 0 aliphatic carbocycles. The molecule has 2 unspecified atom stereocenters. The van der Waals surface area contributed by atoms with E-state index < -0.39 is 12.1 Å². The second-order valence-corrected chi connectivity index (χ2v) is 24.6. The van der Waals surface area contributed by atoms with Gasteiger partial charge < -0.3 is 20.3 Å². The Balaban J connectivity index is 3.36. The van der Waals surface area contributed by atoms with Gasteiger partial charge in [-0.2, -0.15) is 0 Å². The van der Waals surface area contributed by atoms with Crippen LogP contribution in [0.2, 0.25) is 0 Å². The van der Waals surface area contributed by atoms with Crippen molar-refractivity contribution >= 4 is 11.9 Å². The quantitative estimate of drug-likeness (QED) is 0.0320. The molecule has 0 heterocycles. The van der Waals surface area contributed by atoms with E-state index in [-0.39, 0.29) is 18.5 Å². The lowest BCUT2D eigenvalue weighted by atomic mass is 10.0. The number of hydrogen-bond donors (Lipinski definition) is 3. The summed E-state index contributed by atoms with van der Waals surface area (Å²) in [6.07, 6.45) is 85.1. The van der Waals surface area contributed by atoms with Crippen molar-refractivity contribution < 1.29 is 24.5 Å². The first-order valence-electron chi connectivity index (χ1n) is 35.6. The fraction of sp³-hybridized carbons (Fsp3) is 0.917. The van der Waals surface area contributed by atoms with Gasteiger partial charge in [0.15, 0.2) is 0 Å². The molecule has 6 nitrogen and oxygen atoms in total. The molecule has 0 rings (SSSR count). The molecule has 0 aliphatic rings. The number of unbranched alkanes of at least 4 members (excludes halogenated alkanes) is 52. The highest BCUT2D eigenvalue weighted by Gasteiger charge is 2.20. The van der Waals surface area contributed by atoms with Crippen LogP contribution in [-0.2, 0) is 14.3 Å². The van der Waals surface area contributed by atoms with Crippen LogP contribution in [0.3, 0.4) is 0 Å². The number of allylic oxidation sites excluding steroid dienone is 4. The summed E-state index contributed by atoms with van der Waals surface area (Å²) in [5.74, 6) is -0.0185. The van der Waals surface area contributed by atoms with Crippen LogP contribution in [0, 0.1) is 0 Å². The lowest BCUT2D eigenvalue weighted by molar-refractivity contribution is -0.143. The van der Waals surface area contributed by atoms with Crippen LogP contribution in [0.5, 0.6) is 0 Å². The number of amides is 1. The van der Waals surface area contributed by atoms with Gasteiger partial charge in [0.25, 0.3) is 0 Å². The molecule has 0 saturated carbocycles. The number of carbonyl (C=O) groups is 2. The maximum absolute atomic E-state index is 12.5. The first-order chi connectivity index (χ1) is 38.5. The smallest absolute Gasteiger partial charge is 0.305 e. The van der Waals surface area contributed by atoms with Crippen molar-refractivity contribution in [3.8, 4) is 0 Å². The van der Waals surface area contributed by atoms with Crippen molar-refractivity contribution in [2.45, 2.75) is 411 Å². The van der Waals surface area contributed by atoms with E-state index in [0.717, 1.165) is 44.9 Å². The van der Waals surface area contributed by atoms with Gasteiger partial charge in [-0.05, 0) is 77.0 Å². The molecule has 0 bridgehead atoms. The molecule has 0 aromatic rings. The number of esters is 1. The van der Waals surface area contributed by atoms with E-state index >= 15 is 0 Å². The van der Waals surface area contributed by atoms with E-state index in [9.17, 15) is 19.8 Å². The van der Waals surface area contributed by atoms with Crippen LogP contribution in [0.1, 0.15) is 399 Å². The minimum atomic E-state index is -0.664. The minimum absolute atomic E-state index is 0.0133. The zero-order valence-corrected chi connectivity index (χ0v) is 52.9. The van der Waals surface area contributed by atoms with Crippen molar-refractivity contribution in [1.29, 1.82) is 0 Å². The van der Waals surface area contributed by atoms with Crippen LogP contribution in [0.4, 0.5) is 0 Å². The zero-order chi connectivity index (χ0) is 56.4. The van der Waals surface area contributed by atoms with E-state index in [4.69, 9.17) is 4.74 Å². The second-order valence-electron chi connectivity index (χ2n) is 24.6. The summed E-state index contributed by atoms with van der Waals surface area (Å²) in [5.41, 5.74) is 0. The average Bonchev–Trinajstić information content (AvgIpc) is 3.44. The van der Waals surface area contributed by atoms with Gasteiger partial charge >= 0.3 is 5.97 Å². The molecule has 462 valence electrons. The molecule has 1 amide bonds. The summed E-state index contributed by atoms with van der Waals surface area (Å²) in [4.78, 5) is 24.6. The fourth-order valence-electron chi connectivity index (χ4n) is 11.3. The van der Waals surface area contributed by atoms with Gasteiger partial charge in [-0.3, -0.25) is 9.59 Å². The van der Waals surface area contributed by atoms with E-state index in [1.807, 2.05) is 0 Å². The van der Waals surface area contributed by atoms with Gasteiger partial charge in [0.1, 0.15) is 0 Å². The molecule has 3 N–H and O–H groups in total. The Morgan fingerprint density at radius 1 is 0.346 bits per heavy atom. The Morgan fingerprint density at radius 3 is 0.910 bits per heavy atom. The molecular formula is C72H139NO5. The third kappa shape index (κ3) is 63.5. The summed E-state index contributed by atoms with van der Waals surface area (Å²) in [6, 6.07) is -0.541. The third-order valence-electron chi connectivity index (χ3n) is 16.7. The molecule has 0 aromatic carbocycles. The number of nitrogens with one attached hydrogen (secondary N) is 1. The second kappa shape index (κ2) is 67.8. The van der Waals surface area contributed by atoms with Crippen LogP contribution in [-0.4, -0.2) is 47.4 Å². The number of rotatable bonds is 67. The highest BCUT2D eigenvalue weighted by atomic mass is 16.5. The highest BCUT2D eigenvalue weighted by molar-refractivity contribution is 5.76. The first-order valence-corrected chi connectivity index (χ1v) is 35.6. The van der Waals surface area contributed by atoms with Gasteiger partial charge in [0.2, 0.25) is 5.91 Å². The normalized spacial score (nSPS) is 12.6. The Morgan fingerprint density at radius 2 is 0.603 bits per heavy atom. The molecule has 0 radical (unpaired) electrons. The van der Waals surface area contributed by atoms with Crippen LogP contribution >= 0.6 is 0 Å². The van der Waals surface area contributed by atoms with E-state index in [1.165, 1.54) is 321 Å². The monoisotopic (exact) mass is 1100 g/mol. The Labute approximate surface area is 488 Å². The summed E-state index contributed by atoms with van der Waals surface area (Å²) < 4.78 is 5.50. The first kappa shape index (κ1) is 76.3. The summed E-state index contributed by atoms with van der Waals surface area (Å²) in [5, 5.41) is 23.3. The lowest BCUT2D eigenvalue weighted by Gasteiger charge is -2.22. The number of carbonyl (C=O) groups excluding carboxylic acids is 2. The third-order valence-corrected chi connectivity index (χ3v) is 16.7. The van der Waals surface area contributed by atoms with Gasteiger partial charge in [-0.15, -0.1) is 0 Å². The molecule has 0 fully saturated rings. The summed E-state index contributed by atoms with van der Waals surface area (Å²) >= 11 is 0. The van der Waals surface area contributed by atoms with Gasteiger partial charge in [0.05, 0.1) is 25.4 Å². The number of ether oxygens (including phenoxy) is 1. The van der Waals surface area contributed by atoms with Crippen LogP contribution in [0.25, 0.3) is 0 Å². The summed E-state index contributed by atoms with van der Waals surface area (Å²) in [6.45, 7) is 4.98. The van der Waals surface area contributed by atoms with Crippen molar-refractivity contribution in [3.63, 3.8) is 0 Å². The van der Waals surface area contributed by atoms with E-state index in [2.05, 4.69) is 43.5 Å². The number of aliphatic hydroxyl groups is 2. The van der Waals surface area contributed by atoms with Crippen molar-refractivity contribution in [1.82, 2.24) is 5.32 Å². The van der Waals surface area contributed by atoms with Crippen molar-refractivity contribution in [2.75, 3.05) is 13.2 Å². The maximum Gasteiger partial charge on any atom is 0.305 e. The van der Waals surface area contributed by atoms with Crippen molar-refractivity contribution in [2.24, 2.45) is 0 Å². The topological polar surface area (TPSA) is 95.9 Å². The average molecular weight is 1100 g/mol. The van der Waals surface area contributed by atoms with Gasteiger partial charge in [-0.25, -0.2) is 0 Å². The lowest BCUT2D eigenvalue weighted by Crippen LogP contribution is -2.45. The number of hydrogen-bond acceptors (Lipinski definition) is 5. The Hall–Kier alpha value is -1.66. The maximum atomic E-state index is 12.5. The molecule has 78 heavy (non-hydrogen) atoms. The molecule has 2 atom stereocenters. The van der Waals surface area contributed by atoms with Crippen LogP contribution < -0.4 is 5.32 Å². The van der Waals surface area contributed by atoms with Crippen molar-refractivity contribution in [3.05, 3.63) is 24.3 Å². The molecule has 6 heteroatoms. The molecule has 0 aliphatic heterocycles. The van der Waals surface area contributed by atoms with Gasteiger partial charge in [-0.1, -0.05) is 334 Å². The zero-order valence-electron chi connectivity index (χ0n) is 52.9. The largest absolute Gasteiger partial charge is 0.466 e. The molecule has 0 aromatic heterocycles. The van der Waals surface area contributed by atoms with Crippen LogP contribution in [0.15, 0.2) is 24.3 Å². The van der Waals surface area contributed by atoms with E-state index in [1.54, 1.807) is 0 Å². The molecular weight excluding hydrogens is 959 g/mol. The Kier molecular flexibility index (Phi) is 66.4. The van der Waals surface area contributed by atoms with Gasteiger partial charge in [0, 0.05) is 12.8 Å². The fourth-order valence-corrected chi connectivity index (χ4v) is 11.3. The molecule has 0 spiro atoms. The number of aliphatic hydroxyl groups excluding tert-OH is 2. The summed E-state index contributed by atoms with van der Waals surface area (Å²) in [7, 11) is 0. The Bertz CT molecular complexity index is 1220. The minimum Gasteiger partial charge on any atom is -0.466 e. The predicted octanol–water partition coefficient (Wildman–Crippen LogP) is 22.9. The van der Waals surface area contributed by atoms with E-state index in [0.29, 0.717) is 25.9 Å². The predicted molar refractivity (Wildman–Crippen MR) is 343 cm³/mol. The SMILES string of the molecule is CCCCCCCC/C=C\CCCCCCCCCC(=O)OCCCCCCCCCCCCCC/C=C\CCCCCCCCCCCCCCC(=O)NC(CO)C(O)CCCCCCCCCCCCCCCCCC.